The van der Waals surface area contributed by atoms with Crippen LogP contribution in [-0.2, 0) is 9.59 Å². The minimum absolute atomic E-state index is 0.110. The first-order chi connectivity index (χ1) is 11.5. The maximum Gasteiger partial charge on any atom is 0.244 e. The van der Waals surface area contributed by atoms with E-state index in [0.717, 1.165) is 5.69 Å². The van der Waals surface area contributed by atoms with Crippen LogP contribution in [0.4, 0.5) is 10.8 Å². The number of rotatable bonds is 6. The molecule has 0 spiro atoms. The minimum Gasteiger partial charge on any atom is -0.352 e. The monoisotopic (exact) mass is 343 g/mol. The molecule has 2 rings (SSSR count). The Balaban J connectivity index is 2.11. The van der Waals surface area contributed by atoms with Crippen LogP contribution < -0.4 is 10.2 Å². The lowest BCUT2D eigenvalue weighted by atomic mass is 10.2. The van der Waals surface area contributed by atoms with Crippen LogP contribution >= 0.6 is 11.3 Å². The zero-order valence-electron chi connectivity index (χ0n) is 14.0. The summed E-state index contributed by atoms with van der Waals surface area (Å²) in [4.78, 5) is 29.7. The van der Waals surface area contributed by atoms with Gasteiger partial charge in [0.05, 0.1) is 11.4 Å². The molecule has 2 amide bonds. The number of hydrogen-bond donors (Lipinski definition) is 1. The molecule has 0 radical (unpaired) electrons. The lowest BCUT2D eigenvalue weighted by Gasteiger charge is -2.17. The molecular weight excluding hydrogens is 322 g/mol. The first-order valence-electron chi connectivity index (χ1n) is 7.74. The van der Waals surface area contributed by atoms with Crippen molar-refractivity contribution in [2.45, 2.75) is 20.8 Å². The third-order valence-electron chi connectivity index (χ3n) is 3.12. The Hall–Kier alpha value is -2.47. The Kier molecular flexibility index (Phi) is 6.26. The average Bonchev–Trinajstić information content (AvgIpc) is 3.00. The largest absolute Gasteiger partial charge is 0.352 e. The van der Waals surface area contributed by atoms with E-state index in [2.05, 4.69) is 10.3 Å². The van der Waals surface area contributed by atoms with E-state index in [9.17, 15) is 9.59 Å². The van der Waals surface area contributed by atoms with Gasteiger partial charge >= 0.3 is 0 Å². The number of aromatic nitrogens is 1. The van der Waals surface area contributed by atoms with Gasteiger partial charge in [0.15, 0.2) is 5.13 Å². The second-order valence-corrected chi connectivity index (χ2v) is 6.55. The van der Waals surface area contributed by atoms with E-state index in [4.69, 9.17) is 0 Å². The van der Waals surface area contributed by atoms with Crippen LogP contribution in [0, 0.1) is 5.92 Å². The van der Waals surface area contributed by atoms with Crippen molar-refractivity contribution >= 4 is 40.0 Å². The number of nitrogens with one attached hydrogen (secondary N) is 1. The standard InChI is InChI=1S/C18H21N3O2S/c1-13(2)11-19-17(23)10-9-15-12-24-18(20-15)21(14(3)22)16-7-5-4-6-8-16/h4-10,12-13H,11H2,1-3H3,(H,19,23)/b10-9+. The van der Waals surface area contributed by atoms with Crippen molar-refractivity contribution in [1.29, 1.82) is 0 Å². The van der Waals surface area contributed by atoms with Crippen LogP contribution in [0.2, 0.25) is 0 Å². The highest BCUT2D eigenvalue weighted by molar-refractivity contribution is 7.14. The zero-order valence-corrected chi connectivity index (χ0v) is 14.8. The van der Waals surface area contributed by atoms with E-state index in [0.29, 0.717) is 23.3 Å². The minimum atomic E-state index is -0.148. The number of para-hydroxylation sites is 1. The van der Waals surface area contributed by atoms with Gasteiger partial charge in [-0.05, 0) is 24.1 Å². The van der Waals surface area contributed by atoms with Crippen molar-refractivity contribution in [1.82, 2.24) is 10.3 Å². The topological polar surface area (TPSA) is 62.3 Å². The van der Waals surface area contributed by atoms with Gasteiger partial charge in [-0.25, -0.2) is 4.98 Å². The van der Waals surface area contributed by atoms with Gasteiger partial charge in [0, 0.05) is 24.9 Å². The molecule has 1 N–H and O–H groups in total. The van der Waals surface area contributed by atoms with Crippen molar-refractivity contribution < 1.29 is 9.59 Å². The van der Waals surface area contributed by atoms with Gasteiger partial charge in [0.1, 0.15) is 0 Å². The molecular formula is C18H21N3O2S. The molecule has 0 aliphatic carbocycles. The van der Waals surface area contributed by atoms with Crippen LogP contribution in [0.25, 0.3) is 6.08 Å². The van der Waals surface area contributed by atoms with Gasteiger partial charge < -0.3 is 5.32 Å². The van der Waals surface area contributed by atoms with Crippen molar-refractivity contribution in [3.8, 4) is 0 Å². The summed E-state index contributed by atoms with van der Waals surface area (Å²) in [5.41, 5.74) is 1.42. The second kappa shape index (κ2) is 8.40. The molecule has 126 valence electrons. The molecule has 1 aromatic carbocycles. The van der Waals surface area contributed by atoms with Gasteiger partial charge in [-0.2, -0.15) is 0 Å². The summed E-state index contributed by atoms with van der Waals surface area (Å²) in [6.07, 6.45) is 3.11. The van der Waals surface area contributed by atoms with Crippen LogP contribution in [0.15, 0.2) is 41.8 Å². The highest BCUT2D eigenvalue weighted by atomic mass is 32.1. The maximum absolute atomic E-state index is 12.0. The molecule has 0 aliphatic rings. The molecule has 2 aromatic rings. The summed E-state index contributed by atoms with van der Waals surface area (Å²) in [5.74, 6) is 0.147. The van der Waals surface area contributed by atoms with Crippen molar-refractivity contribution in [2.24, 2.45) is 5.92 Å². The van der Waals surface area contributed by atoms with Crippen LogP contribution in [0.5, 0.6) is 0 Å². The molecule has 0 saturated heterocycles. The highest BCUT2D eigenvalue weighted by Crippen LogP contribution is 2.28. The van der Waals surface area contributed by atoms with Crippen molar-refractivity contribution in [2.75, 3.05) is 11.4 Å². The summed E-state index contributed by atoms with van der Waals surface area (Å²) in [5, 5.41) is 5.21. The second-order valence-electron chi connectivity index (χ2n) is 5.72. The third kappa shape index (κ3) is 5.03. The van der Waals surface area contributed by atoms with Crippen molar-refractivity contribution in [3.63, 3.8) is 0 Å². The molecule has 0 saturated carbocycles. The zero-order chi connectivity index (χ0) is 17.5. The van der Waals surface area contributed by atoms with Gasteiger partial charge in [0.2, 0.25) is 11.8 Å². The predicted molar refractivity (Wildman–Crippen MR) is 98.3 cm³/mol. The van der Waals surface area contributed by atoms with Crippen LogP contribution in [-0.4, -0.2) is 23.3 Å². The quantitative estimate of drug-likeness (QED) is 0.815. The van der Waals surface area contributed by atoms with Gasteiger partial charge in [-0.3, -0.25) is 14.5 Å². The number of benzene rings is 1. The summed E-state index contributed by atoms with van der Waals surface area (Å²) >= 11 is 1.36. The normalized spacial score (nSPS) is 11.0. The number of hydrogen-bond acceptors (Lipinski definition) is 4. The van der Waals surface area contributed by atoms with Crippen LogP contribution in [0.1, 0.15) is 26.5 Å². The molecule has 24 heavy (non-hydrogen) atoms. The summed E-state index contributed by atoms with van der Waals surface area (Å²) in [7, 11) is 0. The molecule has 0 atom stereocenters. The molecule has 1 aromatic heterocycles. The Morgan fingerprint density at radius 1 is 1.29 bits per heavy atom. The molecule has 0 unspecified atom stereocenters. The fourth-order valence-corrected chi connectivity index (χ4v) is 2.84. The van der Waals surface area contributed by atoms with E-state index in [1.165, 1.54) is 24.3 Å². The molecule has 0 fully saturated rings. The van der Waals surface area contributed by atoms with Gasteiger partial charge in [0.25, 0.3) is 0 Å². The lowest BCUT2D eigenvalue weighted by molar-refractivity contribution is -0.117. The Morgan fingerprint density at radius 3 is 2.62 bits per heavy atom. The lowest BCUT2D eigenvalue weighted by Crippen LogP contribution is -2.25. The fraction of sp³-hybridized carbons (Fsp3) is 0.278. The van der Waals surface area contributed by atoms with Crippen molar-refractivity contribution in [3.05, 3.63) is 47.5 Å². The number of amides is 2. The number of thiazole rings is 1. The molecule has 5 nitrogen and oxygen atoms in total. The SMILES string of the molecule is CC(=O)N(c1ccccc1)c1nc(/C=C/C(=O)NCC(C)C)cs1. The van der Waals surface area contributed by atoms with E-state index < -0.39 is 0 Å². The summed E-state index contributed by atoms with van der Waals surface area (Å²) in [6, 6.07) is 9.36. The Morgan fingerprint density at radius 2 is 2.00 bits per heavy atom. The first-order valence-corrected chi connectivity index (χ1v) is 8.62. The molecule has 0 aliphatic heterocycles. The molecule has 0 bridgehead atoms. The average molecular weight is 343 g/mol. The highest BCUT2D eigenvalue weighted by Gasteiger charge is 2.17. The van der Waals surface area contributed by atoms with E-state index in [1.54, 1.807) is 11.0 Å². The number of nitrogens with zero attached hydrogens (tertiary/aromatic N) is 2. The number of carbonyl (C=O) groups is 2. The van der Waals surface area contributed by atoms with E-state index in [-0.39, 0.29) is 11.8 Å². The fourth-order valence-electron chi connectivity index (χ4n) is 1.98. The molecule has 1 heterocycles. The van der Waals surface area contributed by atoms with Crippen LogP contribution in [0.3, 0.4) is 0 Å². The van der Waals surface area contributed by atoms with E-state index >= 15 is 0 Å². The maximum atomic E-state index is 12.0. The Labute approximate surface area is 146 Å². The summed E-state index contributed by atoms with van der Waals surface area (Å²) < 4.78 is 0. The third-order valence-corrected chi connectivity index (χ3v) is 3.96. The smallest absolute Gasteiger partial charge is 0.244 e. The van der Waals surface area contributed by atoms with Gasteiger partial charge in [-0.15, -0.1) is 11.3 Å². The molecule has 6 heteroatoms. The predicted octanol–water partition coefficient (Wildman–Crippen LogP) is 3.61. The Bertz CT molecular complexity index is 723. The van der Waals surface area contributed by atoms with E-state index in [1.807, 2.05) is 49.6 Å². The van der Waals surface area contributed by atoms with Gasteiger partial charge in [-0.1, -0.05) is 32.0 Å². The summed E-state index contributed by atoms with van der Waals surface area (Å²) in [6.45, 7) is 6.22. The number of anilines is 2. The number of carbonyl (C=O) groups excluding carboxylic acids is 2. The first kappa shape index (κ1) is 17.9.